The first kappa shape index (κ1) is 13.4. The molecule has 1 aliphatic carbocycles. The predicted octanol–water partition coefficient (Wildman–Crippen LogP) is 1.93. The maximum absolute atomic E-state index is 13.6. The molecule has 1 heterocycles. The molecule has 0 spiro atoms. The van der Waals surface area contributed by atoms with E-state index >= 15 is 0 Å². The van der Waals surface area contributed by atoms with Gasteiger partial charge in [-0.05, 0) is 30.0 Å². The van der Waals surface area contributed by atoms with Crippen LogP contribution in [-0.2, 0) is 11.2 Å². The maximum atomic E-state index is 13.6. The van der Waals surface area contributed by atoms with Gasteiger partial charge in [-0.15, -0.1) is 0 Å². The third-order valence-electron chi connectivity index (χ3n) is 3.96. The minimum atomic E-state index is -2.83. The zero-order chi connectivity index (χ0) is 14.3. The summed E-state index contributed by atoms with van der Waals surface area (Å²) in [5.41, 5.74) is 1.37. The third-order valence-corrected chi connectivity index (χ3v) is 3.96. The Bertz CT molecular complexity index is 547. The van der Waals surface area contributed by atoms with Crippen LogP contribution in [0.1, 0.15) is 30.0 Å². The average molecular weight is 284 g/mol. The second-order valence-corrected chi connectivity index (χ2v) is 5.40. The van der Waals surface area contributed by atoms with Crippen molar-refractivity contribution in [2.75, 3.05) is 6.54 Å². The summed E-state index contributed by atoms with van der Waals surface area (Å²) in [7, 11) is 0. The highest BCUT2D eigenvalue weighted by atomic mass is 19.3. The van der Waals surface area contributed by atoms with Gasteiger partial charge in [0.05, 0.1) is 18.6 Å². The van der Waals surface area contributed by atoms with Gasteiger partial charge in [-0.1, -0.05) is 12.1 Å². The van der Waals surface area contributed by atoms with Crippen LogP contribution in [-0.4, -0.2) is 24.4 Å². The molecule has 0 saturated carbocycles. The monoisotopic (exact) mass is 284 g/mol. The van der Waals surface area contributed by atoms with Gasteiger partial charge in [-0.3, -0.25) is 10.1 Å². The molecule has 0 bridgehead atoms. The van der Waals surface area contributed by atoms with Gasteiger partial charge in [0.15, 0.2) is 0 Å². The van der Waals surface area contributed by atoms with Crippen LogP contribution < -0.4 is 10.6 Å². The zero-order valence-corrected chi connectivity index (χ0v) is 10.8. The van der Waals surface area contributed by atoms with Crippen LogP contribution in [0.5, 0.6) is 0 Å². The van der Waals surface area contributed by atoms with Gasteiger partial charge in [0.1, 0.15) is 5.82 Å². The summed E-state index contributed by atoms with van der Waals surface area (Å²) in [6.45, 7) is -0.471. The number of carbonyl (C=O) groups excluding carboxylic acids is 1. The van der Waals surface area contributed by atoms with Crippen LogP contribution in [0.15, 0.2) is 18.2 Å². The van der Waals surface area contributed by atoms with Crippen molar-refractivity contribution >= 4 is 5.91 Å². The summed E-state index contributed by atoms with van der Waals surface area (Å²) in [4.78, 5) is 12.0. The molecule has 0 aromatic heterocycles. The average Bonchev–Trinajstić information content (AvgIpc) is 2.95. The summed E-state index contributed by atoms with van der Waals surface area (Å²) >= 11 is 0. The number of hydrogen-bond donors (Lipinski definition) is 2. The lowest BCUT2D eigenvalue weighted by Crippen LogP contribution is -2.41. The van der Waals surface area contributed by atoms with E-state index in [4.69, 9.17) is 0 Å². The van der Waals surface area contributed by atoms with E-state index in [1.165, 1.54) is 6.07 Å². The predicted molar refractivity (Wildman–Crippen MR) is 67.0 cm³/mol. The van der Waals surface area contributed by atoms with Crippen molar-refractivity contribution in [1.29, 1.82) is 0 Å². The van der Waals surface area contributed by atoms with Crippen molar-refractivity contribution in [2.24, 2.45) is 0 Å². The molecule has 20 heavy (non-hydrogen) atoms. The van der Waals surface area contributed by atoms with E-state index in [-0.39, 0.29) is 11.9 Å². The Morgan fingerprint density at radius 3 is 2.90 bits per heavy atom. The van der Waals surface area contributed by atoms with Crippen LogP contribution >= 0.6 is 0 Å². The number of fused-ring (bicyclic) bond motifs is 1. The SMILES string of the molecule is O=C(NC1CCc2c(F)cccc21)C1CC(F)(F)CN1. The molecule has 1 aromatic carbocycles. The Morgan fingerprint density at radius 2 is 2.20 bits per heavy atom. The number of rotatable bonds is 2. The molecule has 2 atom stereocenters. The standard InChI is InChI=1S/C14H15F3N2O/c15-10-3-1-2-9-8(10)4-5-11(9)19-13(20)12-6-14(16,17)7-18-12/h1-3,11-12,18H,4-7H2,(H,19,20). The normalized spacial score (nSPS) is 27.4. The molecule has 1 aromatic rings. The Hall–Kier alpha value is -1.56. The van der Waals surface area contributed by atoms with Gasteiger partial charge in [0.25, 0.3) is 5.92 Å². The van der Waals surface area contributed by atoms with Crippen molar-refractivity contribution in [2.45, 2.75) is 37.3 Å². The van der Waals surface area contributed by atoms with E-state index in [0.717, 1.165) is 5.56 Å². The number of amides is 1. The summed E-state index contributed by atoms with van der Waals surface area (Å²) in [5.74, 6) is -3.55. The summed E-state index contributed by atoms with van der Waals surface area (Å²) in [6.07, 6.45) is 0.674. The first-order chi connectivity index (χ1) is 9.46. The van der Waals surface area contributed by atoms with Gasteiger partial charge in [0, 0.05) is 6.42 Å². The van der Waals surface area contributed by atoms with E-state index in [0.29, 0.717) is 18.4 Å². The number of benzene rings is 1. The van der Waals surface area contributed by atoms with Crippen LogP contribution in [0.4, 0.5) is 13.2 Å². The van der Waals surface area contributed by atoms with Gasteiger partial charge in [-0.25, -0.2) is 13.2 Å². The molecular weight excluding hydrogens is 269 g/mol. The van der Waals surface area contributed by atoms with Crippen LogP contribution in [0.2, 0.25) is 0 Å². The molecule has 2 N–H and O–H groups in total. The Balaban J connectivity index is 1.69. The van der Waals surface area contributed by atoms with E-state index in [9.17, 15) is 18.0 Å². The Kier molecular flexibility index (Phi) is 3.20. The highest BCUT2D eigenvalue weighted by Gasteiger charge is 2.43. The lowest BCUT2D eigenvalue weighted by atomic mass is 10.1. The molecule has 1 saturated heterocycles. The van der Waals surface area contributed by atoms with Gasteiger partial charge >= 0.3 is 0 Å². The topological polar surface area (TPSA) is 41.1 Å². The Morgan fingerprint density at radius 1 is 1.40 bits per heavy atom. The zero-order valence-electron chi connectivity index (χ0n) is 10.8. The van der Waals surface area contributed by atoms with Crippen LogP contribution in [0, 0.1) is 5.82 Å². The number of nitrogens with one attached hydrogen (secondary N) is 2. The van der Waals surface area contributed by atoms with E-state index < -0.39 is 30.8 Å². The fraction of sp³-hybridized carbons (Fsp3) is 0.500. The van der Waals surface area contributed by atoms with Gasteiger partial charge in [0.2, 0.25) is 5.91 Å². The highest BCUT2D eigenvalue weighted by molar-refractivity contribution is 5.82. The van der Waals surface area contributed by atoms with Crippen molar-refractivity contribution in [3.63, 3.8) is 0 Å². The van der Waals surface area contributed by atoms with E-state index in [1.807, 2.05) is 0 Å². The first-order valence-corrected chi connectivity index (χ1v) is 6.65. The van der Waals surface area contributed by atoms with Gasteiger partial charge in [-0.2, -0.15) is 0 Å². The van der Waals surface area contributed by atoms with E-state index in [1.54, 1.807) is 12.1 Å². The van der Waals surface area contributed by atoms with Crippen molar-refractivity contribution < 1.29 is 18.0 Å². The minimum Gasteiger partial charge on any atom is -0.348 e. The number of halogens is 3. The second-order valence-electron chi connectivity index (χ2n) is 5.40. The molecule has 0 radical (unpaired) electrons. The molecule has 6 heteroatoms. The molecule has 3 rings (SSSR count). The third kappa shape index (κ3) is 2.40. The lowest BCUT2D eigenvalue weighted by molar-refractivity contribution is -0.124. The molecule has 1 amide bonds. The maximum Gasteiger partial charge on any atom is 0.262 e. The number of hydrogen-bond acceptors (Lipinski definition) is 2. The lowest BCUT2D eigenvalue weighted by Gasteiger charge is -2.17. The fourth-order valence-corrected chi connectivity index (χ4v) is 2.93. The van der Waals surface area contributed by atoms with Gasteiger partial charge < -0.3 is 5.32 Å². The number of carbonyl (C=O) groups is 1. The largest absolute Gasteiger partial charge is 0.348 e. The van der Waals surface area contributed by atoms with Crippen molar-refractivity contribution in [1.82, 2.24) is 10.6 Å². The molecule has 1 aliphatic heterocycles. The minimum absolute atomic E-state index is 0.273. The molecule has 2 unspecified atom stereocenters. The summed E-state index contributed by atoms with van der Waals surface area (Å²) < 4.78 is 39.7. The second kappa shape index (κ2) is 4.77. The van der Waals surface area contributed by atoms with E-state index in [2.05, 4.69) is 10.6 Å². The summed E-state index contributed by atoms with van der Waals surface area (Å²) in [6, 6.07) is 3.60. The van der Waals surface area contributed by atoms with Crippen LogP contribution in [0.25, 0.3) is 0 Å². The van der Waals surface area contributed by atoms with Crippen LogP contribution in [0.3, 0.4) is 0 Å². The molecular formula is C14H15F3N2O. The van der Waals surface area contributed by atoms with Crippen molar-refractivity contribution in [3.8, 4) is 0 Å². The molecule has 2 aliphatic rings. The Labute approximate surface area is 114 Å². The highest BCUT2D eigenvalue weighted by Crippen LogP contribution is 2.33. The molecule has 1 fully saturated rings. The van der Waals surface area contributed by atoms with Crippen molar-refractivity contribution in [3.05, 3.63) is 35.1 Å². The smallest absolute Gasteiger partial charge is 0.262 e. The number of alkyl halides is 2. The fourth-order valence-electron chi connectivity index (χ4n) is 2.93. The molecule has 3 nitrogen and oxygen atoms in total. The molecule has 108 valence electrons. The summed E-state index contributed by atoms with van der Waals surface area (Å²) in [5, 5.41) is 5.26. The quantitative estimate of drug-likeness (QED) is 0.871. The first-order valence-electron chi connectivity index (χ1n) is 6.65.